The monoisotopic (exact) mass is 601 g/mol. The maximum Gasteiger partial charge on any atom is 0.246 e. The molecule has 5 nitrogen and oxygen atoms in total. The summed E-state index contributed by atoms with van der Waals surface area (Å²) in [6.45, 7) is 0. The first-order chi connectivity index (χ1) is 14.6. The molecule has 0 aliphatic rings. The standard InChI is InChI=1S/C19H11N3O2.Cl3Ge.ClGe/c1-3-10-16-12(6-1)21-18(23-16)14-8-5-9-15(20-14)19-22-13-7-2-4-11-17(13)24-19;1-4(2)3;1-2/h1-11H;;. The second-order valence-electron chi connectivity index (χ2n) is 5.60. The predicted molar refractivity (Wildman–Crippen MR) is 125 cm³/mol. The van der Waals surface area contributed by atoms with E-state index in [1.807, 2.05) is 66.7 Å². The van der Waals surface area contributed by atoms with E-state index in [9.17, 15) is 0 Å². The molecule has 0 unspecified atom stereocenters. The van der Waals surface area contributed by atoms with Gasteiger partial charge in [0.15, 0.2) is 11.2 Å². The summed E-state index contributed by atoms with van der Waals surface area (Å²) in [5, 5.41) is 0. The summed E-state index contributed by atoms with van der Waals surface area (Å²) in [5.41, 5.74) is 4.38. The van der Waals surface area contributed by atoms with Gasteiger partial charge in [-0.2, -0.15) is 0 Å². The summed E-state index contributed by atoms with van der Waals surface area (Å²) in [6, 6.07) is 20.9. The molecule has 5 rings (SSSR count). The topological polar surface area (TPSA) is 65.0 Å². The van der Waals surface area contributed by atoms with Crippen LogP contribution in [0.3, 0.4) is 0 Å². The second kappa shape index (κ2) is 11.4. The maximum absolute atomic E-state index is 5.78. The van der Waals surface area contributed by atoms with Gasteiger partial charge < -0.3 is 8.83 Å². The number of benzene rings is 2. The SMILES string of the molecule is [Cl][Ge].[Cl][Ge]([Cl])[Cl].c1cc(-c2nc3ccccc3o2)nc(-c2nc3ccccc3o2)c1. The molecule has 0 aliphatic carbocycles. The number of nitrogens with zero attached hydrogens (tertiary/aromatic N) is 3. The molecule has 150 valence electrons. The third-order valence-electron chi connectivity index (χ3n) is 3.78. The summed E-state index contributed by atoms with van der Waals surface area (Å²) in [6.07, 6.45) is 0. The van der Waals surface area contributed by atoms with Gasteiger partial charge in [0.25, 0.3) is 0 Å². The molecule has 3 aromatic heterocycles. The van der Waals surface area contributed by atoms with Gasteiger partial charge in [-0.15, -0.1) is 0 Å². The van der Waals surface area contributed by atoms with Crippen molar-refractivity contribution in [2.75, 3.05) is 0 Å². The number of hydrogen-bond acceptors (Lipinski definition) is 5. The zero-order valence-corrected chi connectivity index (χ0v) is 22.2. The Balaban J connectivity index is 0.000000385. The molecule has 2 aromatic carbocycles. The molecule has 30 heavy (non-hydrogen) atoms. The minimum atomic E-state index is -1.92. The van der Waals surface area contributed by atoms with E-state index < -0.39 is 11.6 Å². The van der Waals surface area contributed by atoms with Gasteiger partial charge in [0.1, 0.15) is 22.4 Å². The van der Waals surface area contributed by atoms with Gasteiger partial charge in [0.2, 0.25) is 11.8 Å². The number of para-hydroxylation sites is 4. The molecule has 0 N–H and O–H groups in total. The van der Waals surface area contributed by atoms with Gasteiger partial charge >= 0.3 is 67.2 Å². The minimum absolute atomic E-state index is 0.481. The van der Waals surface area contributed by atoms with Gasteiger partial charge in [-0.05, 0) is 36.4 Å². The second-order valence-corrected chi connectivity index (χ2v) is 15.4. The van der Waals surface area contributed by atoms with E-state index in [-0.39, 0.29) is 0 Å². The molecule has 0 fully saturated rings. The van der Waals surface area contributed by atoms with Crippen molar-refractivity contribution < 1.29 is 8.83 Å². The summed E-state index contributed by atoms with van der Waals surface area (Å²) in [7, 11) is 19.6. The van der Waals surface area contributed by atoms with Crippen molar-refractivity contribution in [1.29, 1.82) is 0 Å². The molecule has 0 bridgehead atoms. The van der Waals surface area contributed by atoms with Crippen LogP contribution in [0.4, 0.5) is 0 Å². The van der Waals surface area contributed by atoms with Crippen molar-refractivity contribution >= 4 is 89.4 Å². The van der Waals surface area contributed by atoms with Crippen LogP contribution < -0.4 is 0 Å². The first kappa shape index (κ1) is 23.4. The number of hydrogen-bond donors (Lipinski definition) is 0. The average Bonchev–Trinajstić information content (AvgIpc) is 3.39. The average molecular weight is 600 g/mol. The summed E-state index contributed by atoms with van der Waals surface area (Å²) in [5.74, 6) is 0.961. The molecule has 0 saturated carbocycles. The normalized spacial score (nSPS) is 10.5. The maximum atomic E-state index is 5.78. The molecule has 0 amide bonds. The molecule has 0 aliphatic heterocycles. The van der Waals surface area contributed by atoms with E-state index >= 15 is 0 Å². The van der Waals surface area contributed by atoms with Gasteiger partial charge in [0, 0.05) is 0 Å². The van der Waals surface area contributed by atoms with E-state index in [0.29, 0.717) is 23.2 Å². The molecule has 11 heteroatoms. The Kier molecular flexibility index (Phi) is 8.91. The van der Waals surface area contributed by atoms with Crippen molar-refractivity contribution in [3.63, 3.8) is 0 Å². The predicted octanol–water partition coefficient (Wildman–Crippen LogP) is 6.69. The first-order valence-corrected chi connectivity index (χ1v) is 19.3. The Morgan fingerprint density at radius 1 is 0.600 bits per heavy atom. The van der Waals surface area contributed by atoms with Gasteiger partial charge in [-0.3, -0.25) is 0 Å². The van der Waals surface area contributed by atoms with Gasteiger partial charge in [0.05, 0.1) is 0 Å². The first-order valence-electron chi connectivity index (χ1n) is 8.31. The molecule has 4 radical (unpaired) electrons. The molecule has 3 heterocycles. The summed E-state index contributed by atoms with van der Waals surface area (Å²) in [4.78, 5) is 13.6. The van der Waals surface area contributed by atoms with Crippen LogP contribution >= 0.6 is 40.0 Å². The van der Waals surface area contributed by atoms with Crippen molar-refractivity contribution in [2.24, 2.45) is 0 Å². The zero-order chi connectivity index (χ0) is 21.5. The van der Waals surface area contributed by atoms with Crippen LogP contribution in [0.25, 0.3) is 45.4 Å². The molecule has 0 saturated heterocycles. The zero-order valence-electron chi connectivity index (χ0n) is 15.0. The third kappa shape index (κ3) is 5.93. The number of halogens is 4. The largest absolute Gasteiger partial charge is 0.435 e. The molecular formula is C19H11Cl4Ge2N3O2. The van der Waals surface area contributed by atoms with Crippen LogP contribution in [0.2, 0.25) is 0 Å². The van der Waals surface area contributed by atoms with Gasteiger partial charge in [-0.25, -0.2) is 15.0 Å². The number of fused-ring (bicyclic) bond motifs is 2. The van der Waals surface area contributed by atoms with Crippen LogP contribution in [-0.2, 0) is 0 Å². The van der Waals surface area contributed by atoms with Crippen molar-refractivity contribution in [3.05, 3.63) is 66.7 Å². The fourth-order valence-corrected chi connectivity index (χ4v) is 2.64. The van der Waals surface area contributed by atoms with Crippen molar-refractivity contribution in [3.8, 4) is 23.2 Å². The van der Waals surface area contributed by atoms with Crippen molar-refractivity contribution in [2.45, 2.75) is 0 Å². The van der Waals surface area contributed by atoms with Crippen LogP contribution in [0.1, 0.15) is 0 Å². The minimum Gasteiger partial charge on any atom is -0.435 e. The molecule has 0 atom stereocenters. The van der Waals surface area contributed by atoms with Crippen LogP contribution in [-0.4, -0.2) is 42.1 Å². The summed E-state index contributed by atoms with van der Waals surface area (Å²) >= 11 is -0.444. The fraction of sp³-hybridized carbons (Fsp3) is 0. The van der Waals surface area contributed by atoms with Crippen LogP contribution in [0.15, 0.2) is 75.6 Å². The number of rotatable bonds is 2. The molecular weight excluding hydrogens is 589 g/mol. The Labute approximate surface area is 201 Å². The third-order valence-corrected chi connectivity index (χ3v) is 3.78. The van der Waals surface area contributed by atoms with Gasteiger partial charge in [-0.1, -0.05) is 30.3 Å². The number of aromatic nitrogens is 3. The van der Waals surface area contributed by atoms with Crippen LogP contribution in [0, 0.1) is 0 Å². The smallest absolute Gasteiger partial charge is 0.246 e. The number of oxazole rings is 2. The quantitative estimate of drug-likeness (QED) is 0.211. The fourth-order valence-electron chi connectivity index (χ4n) is 2.64. The van der Waals surface area contributed by atoms with E-state index in [1.54, 1.807) is 0 Å². The van der Waals surface area contributed by atoms with Crippen molar-refractivity contribution in [1.82, 2.24) is 15.0 Å². The Hall–Kier alpha value is -1.22. The number of pyridine rings is 1. The summed E-state index contributed by atoms with van der Waals surface area (Å²) < 4.78 is 11.6. The molecule has 0 spiro atoms. The van der Waals surface area contributed by atoms with E-state index in [1.165, 1.54) is 15.6 Å². The van der Waals surface area contributed by atoms with E-state index in [0.717, 1.165) is 22.2 Å². The Bertz CT molecular complexity index is 1090. The molecule has 5 aromatic rings. The Morgan fingerprint density at radius 3 is 1.40 bits per heavy atom. The van der Waals surface area contributed by atoms with E-state index in [2.05, 4.69) is 25.0 Å². The van der Waals surface area contributed by atoms with E-state index in [4.69, 9.17) is 38.9 Å². The van der Waals surface area contributed by atoms with Crippen LogP contribution in [0.5, 0.6) is 0 Å². The Morgan fingerprint density at radius 2 is 1.00 bits per heavy atom.